The highest BCUT2D eigenvalue weighted by molar-refractivity contribution is 7.93. The summed E-state index contributed by atoms with van der Waals surface area (Å²) in [7, 11) is -3.57. The molecule has 0 bridgehead atoms. The molecule has 0 aromatic carbocycles. The molecule has 1 atom stereocenters. The largest absolute Gasteiger partial charge is 0.321 e. The zero-order valence-corrected chi connectivity index (χ0v) is 8.63. The van der Waals surface area contributed by atoms with Crippen LogP contribution >= 0.6 is 0 Å². The van der Waals surface area contributed by atoms with Crippen LogP contribution in [-0.2, 0) is 10.0 Å². The van der Waals surface area contributed by atoms with E-state index in [0.717, 1.165) is 12.8 Å². The summed E-state index contributed by atoms with van der Waals surface area (Å²) < 4.78 is 22.3. The van der Waals surface area contributed by atoms with Crippen LogP contribution in [-0.4, -0.2) is 14.0 Å². The first kappa shape index (κ1) is 9.89. The first-order valence-corrected chi connectivity index (χ1v) is 6.16. The molecule has 14 heavy (non-hydrogen) atoms. The quantitative estimate of drug-likeness (QED) is 0.689. The average Bonchev–Trinajstić information content (AvgIpc) is 2.84. The summed E-state index contributed by atoms with van der Waals surface area (Å²) in [5.74, 6) is 0.421. The highest BCUT2D eigenvalue weighted by atomic mass is 32.2. The van der Waals surface area contributed by atoms with Gasteiger partial charge in [-0.3, -0.25) is 0 Å². The minimum absolute atomic E-state index is 0.245. The van der Waals surface area contributed by atoms with Crippen molar-refractivity contribution in [2.45, 2.75) is 24.8 Å². The Bertz CT molecular complexity index is 407. The third-order valence-corrected chi connectivity index (χ3v) is 3.88. The fourth-order valence-electron chi connectivity index (χ4n) is 1.85. The van der Waals surface area contributed by atoms with Gasteiger partial charge in [0.1, 0.15) is 0 Å². The Morgan fingerprint density at radius 3 is 2.57 bits per heavy atom. The van der Waals surface area contributed by atoms with Crippen LogP contribution in [0.15, 0.2) is 23.1 Å². The lowest BCUT2D eigenvalue weighted by Gasteiger charge is -2.28. The molecule has 4 nitrogen and oxygen atoms in total. The predicted molar refractivity (Wildman–Crippen MR) is 54.6 cm³/mol. The zero-order chi connectivity index (χ0) is 10.4. The van der Waals surface area contributed by atoms with Gasteiger partial charge in [-0.25, -0.2) is 13.6 Å². The Hall–Kier alpha value is -0.650. The summed E-state index contributed by atoms with van der Waals surface area (Å²) in [6.45, 7) is 0. The molecule has 0 saturated heterocycles. The molecule has 1 fully saturated rings. The van der Waals surface area contributed by atoms with Crippen molar-refractivity contribution in [2.75, 3.05) is 0 Å². The lowest BCUT2D eigenvalue weighted by atomic mass is 9.87. The number of hydrogen-bond acceptors (Lipinski definition) is 3. The van der Waals surface area contributed by atoms with Crippen LogP contribution < -0.4 is 10.9 Å². The second-order valence-corrected chi connectivity index (χ2v) is 5.71. The molecule has 0 aromatic rings. The van der Waals surface area contributed by atoms with Gasteiger partial charge in [0.15, 0.2) is 0 Å². The van der Waals surface area contributed by atoms with Gasteiger partial charge in [0.2, 0.25) is 10.0 Å². The number of nitrogens with two attached hydrogens (primary N) is 2. The van der Waals surface area contributed by atoms with Crippen molar-refractivity contribution in [3.8, 4) is 0 Å². The second-order valence-electron chi connectivity index (χ2n) is 4.10. The molecule has 2 aliphatic carbocycles. The van der Waals surface area contributed by atoms with Crippen LogP contribution in [0.3, 0.4) is 0 Å². The van der Waals surface area contributed by atoms with Crippen LogP contribution in [0.25, 0.3) is 0 Å². The van der Waals surface area contributed by atoms with Gasteiger partial charge in [0, 0.05) is 12.0 Å². The van der Waals surface area contributed by atoms with E-state index in [2.05, 4.69) is 0 Å². The van der Waals surface area contributed by atoms with Crippen LogP contribution in [0.2, 0.25) is 0 Å². The maximum Gasteiger partial charge on any atom is 0.234 e. The summed E-state index contributed by atoms with van der Waals surface area (Å²) in [6.07, 6.45) is 7.62. The molecule has 0 aliphatic heterocycles. The van der Waals surface area contributed by atoms with Crippen molar-refractivity contribution in [3.63, 3.8) is 0 Å². The van der Waals surface area contributed by atoms with Gasteiger partial charge in [0.25, 0.3) is 0 Å². The minimum Gasteiger partial charge on any atom is -0.321 e. The van der Waals surface area contributed by atoms with Crippen molar-refractivity contribution >= 4 is 10.0 Å². The van der Waals surface area contributed by atoms with Crippen molar-refractivity contribution in [1.29, 1.82) is 0 Å². The van der Waals surface area contributed by atoms with E-state index in [-0.39, 0.29) is 4.91 Å². The van der Waals surface area contributed by atoms with E-state index in [0.29, 0.717) is 12.3 Å². The van der Waals surface area contributed by atoms with Gasteiger partial charge in [0.05, 0.1) is 4.91 Å². The molecule has 1 saturated carbocycles. The smallest absolute Gasteiger partial charge is 0.234 e. The number of rotatable bonds is 2. The van der Waals surface area contributed by atoms with Crippen LogP contribution in [0.4, 0.5) is 0 Å². The van der Waals surface area contributed by atoms with Crippen LogP contribution in [0.5, 0.6) is 0 Å². The van der Waals surface area contributed by atoms with Gasteiger partial charge in [-0.1, -0.05) is 12.2 Å². The standard InChI is InChI=1S/C9H14N2O2S/c10-9(7-3-4-7)5-1-2-8(6-9)14(11,12)13/h1-2,5,7H,3-4,6,10H2,(H2,11,12,13). The second kappa shape index (κ2) is 2.92. The van der Waals surface area contributed by atoms with E-state index < -0.39 is 15.6 Å². The Balaban J connectivity index is 2.26. The normalized spacial score (nSPS) is 32.9. The van der Waals surface area contributed by atoms with E-state index in [4.69, 9.17) is 10.9 Å². The molecular formula is C9H14N2O2S. The molecule has 0 heterocycles. The summed E-state index contributed by atoms with van der Waals surface area (Å²) in [5.41, 5.74) is 5.61. The third-order valence-electron chi connectivity index (χ3n) is 2.87. The topological polar surface area (TPSA) is 86.2 Å². The Morgan fingerprint density at radius 2 is 2.07 bits per heavy atom. The van der Waals surface area contributed by atoms with E-state index >= 15 is 0 Å². The SMILES string of the molecule is NC1(C2CC2)C=CC=C(S(N)(=O)=O)C1. The molecule has 5 heteroatoms. The molecule has 0 aromatic heterocycles. The summed E-state index contributed by atoms with van der Waals surface area (Å²) in [4.78, 5) is 0.245. The van der Waals surface area contributed by atoms with E-state index in [9.17, 15) is 8.42 Å². The van der Waals surface area contributed by atoms with Crippen molar-refractivity contribution in [1.82, 2.24) is 0 Å². The van der Waals surface area contributed by atoms with Crippen molar-refractivity contribution in [2.24, 2.45) is 16.8 Å². The number of primary sulfonamides is 1. The molecule has 4 N–H and O–H groups in total. The van der Waals surface area contributed by atoms with Gasteiger partial charge < -0.3 is 5.73 Å². The van der Waals surface area contributed by atoms with Gasteiger partial charge in [-0.2, -0.15) is 0 Å². The van der Waals surface area contributed by atoms with Crippen LogP contribution in [0, 0.1) is 5.92 Å². The van der Waals surface area contributed by atoms with E-state index in [1.807, 2.05) is 6.08 Å². The molecule has 2 rings (SSSR count). The number of sulfonamides is 1. The lowest BCUT2D eigenvalue weighted by molar-refractivity contribution is 0.458. The average molecular weight is 214 g/mol. The first-order chi connectivity index (χ1) is 6.42. The predicted octanol–water partition coefficient (Wildman–Crippen LogP) is 0.226. The minimum atomic E-state index is -3.57. The molecular weight excluding hydrogens is 200 g/mol. The van der Waals surface area contributed by atoms with Crippen molar-refractivity contribution < 1.29 is 8.42 Å². The summed E-state index contributed by atoms with van der Waals surface area (Å²) in [5, 5.41) is 5.07. The van der Waals surface area contributed by atoms with E-state index in [1.54, 1.807) is 6.08 Å². The lowest BCUT2D eigenvalue weighted by Crippen LogP contribution is -2.42. The Morgan fingerprint density at radius 1 is 1.43 bits per heavy atom. The fraction of sp³-hybridized carbons (Fsp3) is 0.556. The van der Waals surface area contributed by atoms with E-state index in [1.165, 1.54) is 6.08 Å². The molecule has 0 amide bonds. The molecule has 1 unspecified atom stereocenters. The van der Waals surface area contributed by atoms with Crippen molar-refractivity contribution in [3.05, 3.63) is 23.1 Å². The Kier molecular flexibility index (Phi) is 2.06. The first-order valence-electron chi connectivity index (χ1n) is 4.62. The highest BCUT2D eigenvalue weighted by Gasteiger charge is 2.42. The molecule has 0 radical (unpaired) electrons. The summed E-state index contributed by atoms with van der Waals surface area (Å²) in [6, 6.07) is 0. The number of allylic oxidation sites excluding steroid dienone is 2. The molecule has 78 valence electrons. The maximum absolute atomic E-state index is 11.1. The number of hydrogen-bond donors (Lipinski definition) is 2. The van der Waals surface area contributed by atoms with Gasteiger partial charge in [-0.15, -0.1) is 0 Å². The Labute approximate surface area is 83.7 Å². The summed E-state index contributed by atoms with van der Waals surface area (Å²) >= 11 is 0. The maximum atomic E-state index is 11.1. The highest BCUT2D eigenvalue weighted by Crippen LogP contribution is 2.43. The van der Waals surface area contributed by atoms with Gasteiger partial charge >= 0.3 is 0 Å². The zero-order valence-electron chi connectivity index (χ0n) is 7.81. The third kappa shape index (κ3) is 1.75. The monoisotopic (exact) mass is 214 g/mol. The van der Waals surface area contributed by atoms with Gasteiger partial charge in [-0.05, 0) is 24.8 Å². The molecule has 2 aliphatic rings. The fourth-order valence-corrected chi connectivity index (χ4v) is 2.57. The van der Waals surface area contributed by atoms with Crippen LogP contribution in [0.1, 0.15) is 19.3 Å². The molecule has 0 spiro atoms.